The molecule has 1 unspecified atom stereocenters. The maximum atomic E-state index is 12.7. The average molecular weight is 290 g/mol. The summed E-state index contributed by atoms with van der Waals surface area (Å²) in [5.41, 5.74) is 0.824. The minimum atomic E-state index is -0.117. The summed E-state index contributed by atoms with van der Waals surface area (Å²) >= 11 is 0. The maximum absolute atomic E-state index is 12.7. The van der Waals surface area contributed by atoms with Crippen molar-refractivity contribution in [2.24, 2.45) is 0 Å². The highest BCUT2D eigenvalue weighted by Gasteiger charge is 2.39. The SMILES string of the molecule is CCCC(CC)N1c2nc(C)ncc2N(C)C(=O)[C@H]1CC. The predicted molar refractivity (Wildman–Crippen MR) is 85.7 cm³/mol. The van der Waals surface area contributed by atoms with Crippen LogP contribution in [0.1, 0.15) is 52.3 Å². The van der Waals surface area contributed by atoms with Gasteiger partial charge in [-0.25, -0.2) is 9.97 Å². The third-order valence-electron chi connectivity index (χ3n) is 4.30. The number of hydrogen-bond donors (Lipinski definition) is 0. The molecule has 0 N–H and O–H groups in total. The zero-order valence-corrected chi connectivity index (χ0v) is 13.8. The Morgan fingerprint density at radius 3 is 2.62 bits per heavy atom. The highest BCUT2D eigenvalue weighted by atomic mass is 16.2. The maximum Gasteiger partial charge on any atom is 0.249 e. The van der Waals surface area contributed by atoms with Crippen LogP contribution in [0.5, 0.6) is 0 Å². The van der Waals surface area contributed by atoms with Gasteiger partial charge in [-0.15, -0.1) is 0 Å². The summed E-state index contributed by atoms with van der Waals surface area (Å²) in [6.07, 6.45) is 5.77. The van der Waals surface area contributed by atoms with Crippen LogP contribution in [0.15, 0.2) is 6.20 Å². The second-order valence-electron chi connectivity index (χ2n) is 5.71. The van der Waals surface area contributed by atoms with Crippen molar-refractivity contribution >= 4 is 17.4 Å². The molecule has 0 aromatic carbocycles. The predicted octanol–water partition coefficient (Wildman–Crippen LogP) is 2.93. The highest BCUT2D eigenvalue weighted by molar-refractivity contribution is 6.04. The molecular formula is C16H26N4O. The number of aromatic nitrogens is 2. The molecule has 2 atom stereocenters. The van der Waals surface area contributed by atoms with Gasteiger partial charge in [-0.2, -0.15) is 0 Å². The van der Waals surface area contributed by atoms with Crippen LogP contribution in [0.3, 0.4) is 0 Å². The smallest absolute Gasteiger partial charge is 0.249 e. The molecule has 21 heavy (non-hydrogen) atoms. The number of hydrogen-bond acceptors (Lipinski definition) is 4. The standard InChI is InChI=1S/C16H26N4O/c1-6-9-12(7-2)20-13(8-3)16(21)19(5)14-10-17-11(4)18-15(14)20/h10,12-13H,6-9H2,1-5H3/t12?,13-/m1/s1. The van der Waals surface area contributed by atoms with Crippen LogP contribution in [0, 0.1) is 6.92 Å². The van der Waals surface area contributed by atoms with Gasteiger partial charge in [-0.05, 0) is 26.2 Å². The minimum absolute atomic E-state index is 0.117. The number of fused-ring (bicyclic) bond motifs is 1. The minimum Gasteiger partial charge on any atom is -0.340 e. The molecule has 0 saturated carbocycles. The van der Waals surface area contributed by atoms with Crippen LogP contribution < -0.4 is 9.80 Å². The molecule has 0 fully saturated rings. The van der Waals surface area contributed by atoms with Crippen molar-refractivity contribution < 1.29 is 4.79 Å². The van der Waals surface area contributed by atoms with E-state index in [1.807, 2.05) is 14.0 Å². The second kappa shape index (κ2) is 6.41. The van der Waals surface area contributed by atoms with Crippen LogP contribution >= 0.6 is 0 Å². The molecule has 5 heteroatoms. The Bertz CT molecular complexity index is 517. The van der Waals surface area contributed by atoms with Gasteiger partial charge in [0.2, 0.25) is 5.91 Å². The molecule has 0 aliphatic carbocycles. The summed E-state index contributed by atoms with van der Waals surface area (Å²) in [5, 5.41) is 0. The number of carbonyl (C=O) groups excluding carboxylic acids is 1. The number of amides is 1. The number of nitrogens with zero attached hydrogens (tertiary/aromatic N) is 4. The second-order valence-corrected chi connectivity index (χ2v) is 5.71. The van der Waals surface area contributed by atoms with Crippen LogP contribution in [0.4, 0.5) is 11.5 Å². The van der Waals surface area contributed by atoms with Gasteiger partial charge < -0.3 is 9.80 Å². The van der Waals surface area contributed by atoms with Gasteiger partial charge in [-0.1, -0.05) is 27.2 Å². The number of carbonyl (C=O) groups is 1. The summed E-state index contributed by atoms with van der Waals surface area (Å²) in [7, 11) is 1.82. The highest BCUT2D eigenvalue weighted by Crippen LogP contribution is 2.36. The van der Waals surface area contributed by atoms with Crippen LogP contribution in [0.25, 0.3) is 0 Å². The molecule has 1 amide bonds. The molecule has 5 nitrogen and oxygen atoms in total. The number of anilines is 2. The van der Waals surface area contributed by atoms with Gasteiger partial charge in [0, 0.05) is 13.1 Å². The van der Waals surface area contributed by atoms with Gasteiger partial charge >= 0.3 is 0 Å². The van der Waals surface area contributed by atoms with Crippen molar-refractivity contribution in [2.75, 3.05) is 16.8 Å². The zero-order valence-electron chi connectivity index (χ0n) is 13.8. The third kappa shape index (κ3) is 2.74. The number of aryl methyl sites for hydroxylation is 1. The van der Waals surface area contributed by atoms with Crippen molar-refractivity contribution in [1.29, 1.82) is 0 Å². The summed E-state index contributed by atoms with van der Waals surface area (Å²) in [5.74, 6) is 1.81. The monoisotopic (exact) mass is 290 g/mol. The van der Waals surface area contributed by atoms with Gasteiger partial charge in [0.15, 0.2) is 5.82 Å². The fraction of sp³-hybridized carbons (Fsp3) is 0.688. The van der Waals surface area contributed by atoms with Gasteiger partial charge in [0.25, 0.3) is 0 Å². The quantitative estimate of drug-likeness (QED) is 0.836. The van der Waals surface area contributed by atoms with Crippen molar-refractivity contribution in [1.82, 2.24) is 9.97 Å². The van der Waals surface area contributed by atoms with Gasteiger partial charge in [-0.3, -0.25) is 4.79 Å². The fourth-order valence-electron chi connectivity index (χ4n) is 3.16. The lowest BCUT2D eigenvalue weighted by Crippen LogP contribution is -2.56. The van der Waals surface area contributed by atoms with E-state index in [0.717, 1.165) is 43.0 Å². The molecule has 2 heterocycles. The van der Waals surface area contributed by atoms with Crippen LogP contribution in [0.2, 0.25) is 0 Å². The first-order valence-electron chi connectivity index (χ1n) is 7.94. The first kappa shape index (κ1) is 15.7. The topological polar surface area (TPSA) is 49.3 Å². The van der Waals surface area contributed by atoms with E-state index >= 15 is 0 Å². The Labute approximate surface area is 127 Å². The van der Waals surface area contributed by atoms with E-state index in [4.69, 9.17) is 0 Å². The molecule has 1 aromatic heterocycles. The van der Waals surface area contributed by atoms with E-state index < -0.39 is 0 Å². The number of rotatable bonds is 5. The lowest BCUT2D eigenvalue weighted by atomic mass is 10.00. The summed E-state index contributed by atoms with van der Waals surface area (Å²) in [6.45, 7) is 8.34. The lowest BCUT2D eigenvalue weighted by Gasteiger charge is -2.44. The Kier molecular flexibility index (Phi) is 4.80. The largest absolute Gasteiger partial charge is 0.340 e. The molecule has 2 rings (SSSR count). The molecule has 116 valence electrons. The Morgan fingerprint density at radius 2 is 2.05 bits per heavy atom. The summed E-state index contributed by atoms with van der Waals surface area (Å²) < 4.78 is 0. The molecule has 1 aliphatic heterocycles. The zero-order chi connectivity index (χ0) is 15.6. The van der Waals surface area contributed by atoms with E-state index in [0.29, 0.717) is 6.04 Å². The molecule has 1 aromatic rings. The third-order valence-corrected chi connectivity index (χ3v) is 4.30. The molecule has 0 spiro atoms. The van der Waals surface area contributed by atoms with E-state index in [9.17, 15) is 4.79 Å². The van der Waals surface area contributed by atoms with Crippen molar-refractivity contribution in [3.05, 3.63) is 12.0 Å². The van der Waals surface area contributed by atoms with E-state index in [-0.39, 0.29) is 11.9 Å². The average Bonchev–Trinajstić information content (AvgIpc) is 2.48. The molecular weight excluding hydrogens is 264 g/mol. The summed E-state index contributed by atoms with van der Waals surface area (Å²) in [6, 6.07) is 0.235. The van der Waals surface area contributed by atoms with E-state index in [1.165, 1.54) is 0 Å². The number of likely N-dealkylation sites (N-methyl/N-ethyl adjacent to an activating group) is 1. The van der Waals surface area contributed by atoms with Crippen LogP contribution in [-0.2, 0) is 4.79 Å². The first-order chi connectivity index (χ1) is 10.0. The molecule has 0 radical (unpaired) electrons. The van der Waals surface area contributed by atoms with Crippen LogP contribution in [-0.4, -0.2) is 35.0 Å². The molecule has 1 aliphatic rings. The molecule has 0 bridgehead atoms. The first-order valence-corrected chi connectivity index (χ1v) is 7.94. The molecule has 0 saturated heterocycles. The summed E-state index contributed by atoms with van der Waals surface area (Å²) in [4.78, 5) is 25.5. The van der Waals surface area contributed by atoms with E-state index in [1.54, 1.807) is 11.1 Å². The Hall–Kier alpha value is -1.65. The lowest BCUT2D eigenvalue weighted by molar-refractivity contribution is -0.120. The van der Waals surface area contributed by atoms with Crippen molar-refractivity contribution in [3.8, 4) is 0 Å². The normalized spacial score (nSPS) is 19.7. The van der Waals surface area contributed by atoms with E-state index in [2.05, 4.69) is 35.6 Å². The Balaban J connectivity index is 2.55. The van der Waals surface area contributed by atoms with Gasteiger partial charge in [0.1, 0.15) is 17.6 Å². The fourth-order valence-corrected chi connectivity index (χ4v) is 3.16. The van der Waals surface area contributed by atoms with Gasteiger partial charge in [0.05, 0.1) is 6.20 Å². The Morgan fingerprint density at radius 1 is 1.33 bits per heavy atom. The van der Waals surface area contributed by atoms with Crippen molar-refractivity contribution in [2.45, 2.75) is 65.5 Å². The van der Waals surface area contributed by atoms with Crippen molar-refractivity contribution in [3.63, 3.8) is 0 Å².